The number of nitrogens with zero attached hydrogens (tertiary/aromatic N) is 3. The van der Waals surface area contributed by atoms with Gasteiger partial charge in [0, 0.05) is 72.2 Å². The highest BCUT2D eigenvalue weighted by molar-refractivity contribution is 5.80. The Morgan fingerprint density at radius 2 is 1.94 bits per heavy atom. The minimum atomic E-state index is 0.674. The maximum Gasteiger partial charge on any atom is 0.194 e. The molecule has 1 N–H and O–H groups in total. The molecule has 0 amide bonds. The zero-order valence-corrected chi connectivity index (χ0v) is 19.2. The monoisotopic (exact) mass is 428 g/mol. The van der Waals surface area contributed by atoms with Crippen LogP contribution in [0.1, 0.15) is 31.7 Å². The smallest absolute Gasteiger partial charge is 0.194 e. The van der Waals surface area contributed by atoms with Crippen molar-refractivity contribution in [1.82, 2.24) is 15.1 Å². The number of nitrogens with one attached hydrogen (secondary N) is 1. The summed E-state index contributed by atoms with van der Waals surface area (Å²) in [4.78, 5) is 9.74. The number of aliphatic imine (C=N–C) groups is 1. The lowest BCUT2D eigenvalue weighted by Gasteiger charge is -2.36. The van der Waals surface area contributed by atoms with E-state index in [2.05, 4.69) is 64.5 Å². The van der Waals surface area contributed by atoms with E-state index in [0.29, 0.717) is 5.92 Å². The van der Waals surface area contributed by atoms with Crippen molar-refractivity contribution in [2.24, 2.45) is 10.9 Å². The van der Waals surface area contributed by atoms with Crippen LogP contribution in [0.4, 0.5) is 0 Å². The molecule has 172 valence electrons. The van der Waals surface area contributed by atoms with E-state index in [1.165, 1.54) is 5.56 Å². The van der Waals surface area contributed by atoms with Crippen molar-refractivity contribution in [3.05, 3.63) is 42.0 Å². The first-order chi connectivity index (χ1) is 15.3. The Balaban J connectivity index is 1.32. The fraction of sp³-hybridized carbons (Fsp3) is 0.640. The molecule has 0 unspecified atom stereocenters. The summed E-state index contributed by atoms with van der Waals surface area (Å²) >= 11 is 0. The lowest BCUT2D eigenvalue weighted by atomic mass is 10.0. The van der Waals surface area contributed by atoms with Gasteiger partial charge in [0.25, 0.3) is 0 Å². The van der Waals surface area contributed by atoms with Gasteiger partial charge < -0.3 is 19.7 Å². The standard InChI is InChI=1S/C25H40N4O2/c1-2-26-25(27-13-7-19-31-22-24-11-20-30-21-12-24)29-17-15-28(16-18-29)14-6-10-23-8-4-3-5-9-23/h3-6,8-10,24H,2,7,11-22H2,1H3,(H,26,27)/b10-6+. The zero-order valence-electron chi connectivity index (χ0n) is 19.2. The number of ether oxygens (including phenoxy) is 2. The van der Waals surface area contributed by atoms with Gasteiger partial charge in [-0.05, 0) is 37.7 Å². The highest BCUT2D eigenvalue weighted by atomic mass is 16.5. The van der Waals surface area contributed by atoms with Crippen LogP contribution in [-0.4, -0.2) is 88.0 Å². The van der Waals surface area contributed by atoms with Crippen LogP contribution in [0.15, 0.2) is 41.4 Å². The molecule has 2 aliphatic rings. The molecule has 0 aromatic heterocycles. The van der Waals surface area contributed by atoms with E-state index in [0.717, 1.165) is 97.5 Å². The molecule has 31 heavy (non-hydrogen) atoms. The average molecular weight is 429 g/mol. The fourth-order valence-corrected chi connectivity index (χ4v) is 3.98. The van der Waals surface area contributed by atoms with Crippen LogP contribution in [0.25, 0.3) is 6.08 Å². The summed E-state index contributed by atoms with van der Waals surface area (Å²) in [6, 6.07) is 10.5. The molecule has 0 aliphatic carbocycles. The summed E-state index contributed by atoms with van der Waals surface area (Å²) < 4.78 is 11.3. The molecule has 1 aromatic carbocycles. The van der Waals surface area contributed by atoms with Gasteiger partial charge in [-0.3, -0.25) is 9.89 Å². The van der Waals surface area contributed by atoms with Gasteiger partial charge in [-0.2, -0.15) is 0 Å². The molecule has 3 rings (SSSR count). The highest BCUT2D eigenvalue weighted by Gasteiger charge is 2.18. The molecule has 0 spiro atoms. The molecule has 2 fully saturated rings. The van der Waals surface area contributed by atoms with E-state index >= 15 is 0 Å². The van der Waals surface area contributed by atoms with Gasteiger partial charge in [0.2, 0.25) is 0 Å². The number of hydrogen-bond donors (Lipinski definition) is 1. The molecule has 1 aromatic rings. The van der Waals surface area contributed by atoms with Crippen molar-refractivity contribution in [3.63, 3.8) is 0 Å². The van der Waals surface area contributed by atoms with E-state index in [9.17, 15) is 0 Å². The van der Waals surface area contributed by atoms with Crippen molar-refractivity contribution in [2.75, 3.05) is 72.2 Å². The minimum Gasteiger partial charge on any atom is -0.381 e. The molecule has 0 bridgehead atoms. The maximum atomic E-state index is 5.87. The SMILES string of the molecule is CCNC(=NCCCOCC1CCOCC1)N1CCN(C/C=C/c2ccccc2)CC1. The predicted molar refractivity (Wildman–Crippen MR) is 128 cm³/mol. The number of guanidine groups is 1. The van der Waals surface area contributed by atoms with Crippen molar-refractivity contribution in [1.29, 1.82) is 0 Å². The average Bonchev–Trinajstić information content (AvgIpc) is 2.82. The molecule has 6 heteroatoms. The Kier molecular flexibility index (Phi) is 10.9. The minimum absolute atomic E-state index is 0.674. The van der Waals surface area contributed by atoms with Gasteiger partial charge in [0.05, 0.1) is 0 Å². The molecule has 0 saturated carbocycles. The lowest BCUT2D eigenvalue weighted by Crippen LogP contribution is -2.52. The Hall–Kier alpha value is -1.89. The van der Waals surface area contributed by atoms with Gasteiger partial charge in [0.1, 0.15) is 0 Å². The van der Waals surface area contributed by atoms with Gasteiger partial charge in [0.15, 0.2) is 5.96 Å². The largest absolute Gasteiger partial charge is 0.381 e. The van der Waals surface area contributed by atoms with E-state index in [1.54, 1.807) is 0 Å². The number of benzene rings is 1. The molecule has 6 nitrogen and oxygen atoms in total. The first-order valence-corrected chi connectivity index (χ1v) is 12.0. The van der Waals surface area contributed by atoms with Crippen molar-refractivity contribution in [3.8, 4) is 0 Å². The van der Waals surface area contributed by atoms with E-state index < -0.39 is 0 Å². The Labute approximate surface area is 188 Å². The van der Waals surface area contributed by atoms with Crippen LogP contribution in [0, 0.1) is 5.92 Å². The summed E-state index contributed by atoms with van der Waals surface area (Å²) in [5.41, 5.74) is 1.26. The van der Waals surface area contributed by atoms with Gasteiger partial charge in [-0.25, -0.2) is 0 Å². The Bertz CT molecular complexity index is 651. The molecular weight excluding hydrogens is 388 g/mol. The molecule has 2 heterocycles. The molecular formula is C25H40N4O2. The van der Waals surface area contributed by atoms with E-state index in [4.69, 9.17) is 14.5 Å². The van der Waals surface area contributed by atoms with Gasteiger partial charge in [-0.1, -0.05) is 42.5 Å². The molecule has 0 radical (unpaired) electrons. The van der Waals surface area contributed by atoms with Crippen molar-refractivity contribution < 1.29 is 9.47 Å². The zero-order chi connectivity index (χ0) is 21.6. The van der Waals surface area contributed by atoms with Crippen LogP contribution in [0.5, 0.6) is 0 Å². The lowest BCUT2D eigenvalue weighted by molar-refractivity contribution is 0.0205. The topological polar surface area (TPSA) is 49.3 Å². The molecule has 2 aliphatic heterocycles. The number of hydrogen-bond acceptors (Lipinski definition) is 4. The van der Waals surface area contributed by atoms with Crippen LogP contribution < -0.4 is 5.32 Å². The summed E-state index contributed by atoms with van der Waals surface area (Å²) in [7, 11) is 0. The summed E-state index contributed by atoms with van der Waals surface area (Å²) in [6.45, 7) is 12.5. The van der Waals surface area contributed by atoms with E-state index in [1.807, 2.05) is 0 Å². The van der Waals surface area contributed by atoms with E-state index in [-0.39, 0.29) is 0 Å². The van der Waals surface area contributed by atoms with Crippen molar-refractivity contribution >= 4 is 12.0 Å². The second kappa shape index (κ2) is 14.2. The third-order valence-corrected chi connectivity index (χ3v) is 5.88. The Morgan fingerprint density at radius 1 is 1.16 bits per heavy atom. The fourth-order valence-electron chi connectivity index (χ4n) is 3.98. The van der Waals surface area contributed by atoms with Crippen molar-refractivity contribution in [2.45, 2.75) is 26.2 Å². The third-order valence-electron chi connectivity index (χ3n) is 5.88. The third kappa shape index (κ3) is 9.01. The normalized spacial score (nSPS) is 19.3. The molecule has 2 saturated heterocycles. The van der Waals surface area contributed by atoms with Crippen LogP contribution in [0.3, 0.4) is 0 Å². The first kappa shape index (κ1) is 23.8. The Morgan fingerprint density at radius 3 is 2.68 bits per heavy atom. The number of piperazine rings is 1. The van der Waals surface area contributed by atoms with Crippen LogP contribution in [-0.2, 0) is 9.47 Å². The molecule has 0 atom stereocenters. The number of rotatable bonds is 10. The second-order valence-corrected chi connectivity index (χ2v) is 8.32. The van der Waals surface area contributed by atoms with Gasteiger partial charge in [-0.15, -0.1) is 0 Å². The van der Waals surface area contributed by atoms with Crippen LogP contribution in [0.2, 0.25) is 0 Å². The maximum absolute atomic E-state index is 5.87. The van der Waals surface area contributed by atoms with Gasteiger partial charge >= 0.3 is 0 Å². The summed E-state index contributed by atoms with van der Waals surface area (Å²) in [5.74, 6) is 1.72. The van der Waals surface area contributed by atoms with Crippen LogP contribution >= 0.6 is 0 Å². The second-order valence-electron chi connectivity index (χ2n) is 8.32. The first-order valence-electron chi connectivity index (χ1n) is 12.0. The quantitative estimate of drug-likeness (QED) is 0.353. The summed E-state index contributed by atoms with van der Waals surface area (Å²) in [5, 5.41) is 3.46. The predicted octanol–water partition coefficient (Wildman–Crippen LogP) is 3.12. The highest BCUT2D eigenvalue weighted by Crippen LogP contribution is 2.14. The summed E-state index contributed by atoms with van der Waals surface area (Å²) in [6.07, 6.45) is 7.72.